The third kappa shape index (κ3) is 7.23. The van der Waals surface area contributed by atoms with Crippen LogP contribution in [0.1, 0.15) is 65.7 Å². The van der Waals surface area contributed by atoms with Crippen molar-refractivity contribution in [2.24, 2.45) is 16.3 Å². The molecule has 5 nitrogen and oxygen atoms in total. The van der Waals surface area contributed by atoms with Gasteiger partial charge in [0.1, 0.15) is 0 Å². The molecule has 23 heavy (non-hydrogen) atoms. The number of aliphatic imine (C=N–C) groups is 1. The monoisotopic (exact) mass is 324 g/mol. The van der Waals surface area contributed by atoms with Crippen LogP contribution in [0.15, 0.2) is 4.99 Å². The second-order valence-corrected chi connectivity index (χ2v) is 7.52. The van der Waals surface area contributed by atoms with Crippen molar-refractivity contribution in [3.63, 3.8) is 0 Å². The zero-order chi connectivity index (χ0) is 17.3. The fourth-order valence-electron chi connectivity index (χ4n) is 3.19. The molecule has 5 heteroatoms. The molecule has 0 spiro atoms. The van der Waals surface area contributed by atoms with Crippen LogP contribution >= 0.6 is 0 Å². The summed E-state index contributed by atoms with van der Waals surface area (Å²) >= 11 is 0. The maximum absolute atomic E-state index is 11.8. The first-order valence-electron chi connectivity index (χ1n) is 9.08. The predicted octanol–water partition coefficient (Wildman–Crippen LogP) is 2.67. The molecule has 1 amide bonds. The van der Waals surface area contributed by atoms with Crippen LogP contribution in [0.5, 0.6) is 0 Å². The summed E-state index contributed by atoms with van der Waals surface area (Å²) in [7, 11) is 3.45. The van der Waals surface area contributed by atoms with E-state index < -0.39 is 5.41 Å². The molecular weight excluding hydrogens is 288 g/mol. The Labute approximate surface area is 142 Å². The molecule has 1 atom stereocenters. The Balaban J connectivity index is 2.33. The molecule has 0 aromatic carbocycles. The summed E-state index contributed by atoms with van der Waals surface area (Å²) in [5, 5.41) is 9.42. The van der Waals surface area contributed by atoms with Gasteiger partial charge in [-0.25, -0.2) is 0 Å². The molecule has 3 N–H and O–H groups in total. The minimum atomic E-state index is -0.461. The number of hydrogen-bond donors (Lipinski definition) is 3. The summed E-state index contributed by atoms with van der Waals surface area (Å²) < 4.78 is 0. The zero-order valence-electron chi connectivity index (χ0n) is 15.7. The summed E-state index contributed by atoms with van der Waals surface area (Å²) in [6.07, 6.45) is 9.51. The fourth-order valence-corrected chi connectivity index (χ4v) is 3.19. The lowest BCUT2D eigenvalue weighted by molar-refractivity contribution is -0.128. The summed E-state index contributed by atoms with van der Waals surface area (Å²) in [6, 6.07) is 0.395. The van der Waals surface area contributed by atoms with Gasteiger partial charge in [0.05, 0.1) is 5.41 Å². The van der Waals surface area contributed by atoms with Gasteiger partial charge in [-0.3, -0.25) is 9.79 Å². The summed E-state index contributed by atoms with van der Waals surface area (Å²) in [5.74, 6) is 1.72. The lowest BCUT2D eigenvalue weighted by Crippen LogP contribution is -2.49. The third-order valence-electron chi connectivity index (χ3n) is 4.88. The summed E-state index contributed by atoms with van der Waals surface area (Å²) in [6.45, 7) is 6.62. The Morgan fingerprint density at radius 2 is 1.91 bits per heavy atom. The normalized spacial score (nSPS) is 18.4. The minimum Gasteiger partial charge on any atom is -0.359 e. The lowest BCUT2D eigenvalue weighted by Gasteiger charge is -2.26. The van der Waals surface area contributed by atoms with E-state index in [0.717, 1.165) is 11.9 Å². The van der Waals surface area contributed by atoms with Gasteiger partial charge in [-0.15, -0.1) is 0 Å². The molecule has 0 saturated heterocycles. The molecule has 1 aliphatic rings. The topological polar surface area (TPSA) is 65.5 Å². The van der Waals surface area contributed by atoms with Crippen molar-refractivity contribution >= 4 is 11.9 Å². The number of guanidine groups is 1. The van der Waals surface area contributed by atoms with Crippen molar-refractivity contribution in [3.8, 4) is 0 Å². The van der Waals surface area contributed by atoms with E-state index in [0.29, 0.717) is 12.6 Å². The lowest BCUT2D eigenvalue weighted by atomic mass is 9.85. The Kier molecular flexibility index (Phi) is 8.42. The molecule has 1 rings (SSSR count). The first-order valence-corrected chi connectivity index (χ1v) is 9.08. The highest BCUT2D eigenvalue weighted by atomic mass is 16.2. The summed E-state index contributed by atoms with van der Waals surface area (Å²) in [4.78, 5) is 16.1. The Morgan fingerprint density at radius 1 is 1.26 bits per heavy atom. The van der Waals surface area contributed by atoms with Crippen molar-refractivity contribution in [2.75, 3.05) is 20.6 Å². The fraction of sp³-hybridized carbons (Fsp3) is 0.889. The highest BCUT2D eigenvalue weighted by Gasteiger charge is 2.26. The molecular formula is C18H36N4O. The Bertz CT molecular complexity index is 386. The van der Waals surface area contributed by atoms with Gasteiger partial charge < -0.3 is 16.0 Å². The van der Waals surface area contributed by atoms with E-state index in [2.05, 4.69) is 27.9 Å². The van der Waals surface area contributed by atoms with Crippen molar-refractivity contribution in [1.82, 2.24) is 16.0 Å². The van der Waals surface area contributed by atoms with Gasteiger partial charge in [-0.1, -0.05) is 32.1 Å². The zero-order valence-corrected chi connectivity index (χ0v) is 15.7. The molecule has 1 fully saturated rings. The molecule has 1 aliphatic carbocycles. The molecule has 1 saturated carbocycles. The van der Waals surface area contributed by atoms with Crippen molar-refractivity contribution in [3.05, 3.63) is 0 Å². The smallest absolute Gasteiger partial charge is 0.227 e. The van der Waals surface area contributed by atoms with Crippen LogP contribution in [0.2, 0.25) is 0 Å². The first-order chi connectivity index (χ1) is 10.9. The van der Waals surface area contributed by atoms with Crippen molar-refractivity contribution < 1.29 is 4.79 Å². The predicted molar refractivity (Wildman–Crippen MR) is 97.6 cm³/mol. The van der Waals surface area contributed by atoms with Gasteiger partial charge >= 0.3 is 0 Å². The standard InChI is InChI=1S/C18H36N4O/c1-14(11-12-15-9-7-6-8-10-15)22-17(20-5)21-13-18(2,3)16(23)19-4/h14-15H,6-13H2,1-5H3,(H,19,23)(H2,20,21,22). The third-order valence-corrected chi connectivity index (χ3v) is 4.88. The molecule has 0 aromatic rings. The van der Waals surface area contributed by atoms with E-state index in [1.807, 2.05) is 13.8 Å². The Morgan fingerprint density at radius 3 is 2.48 bits per heavy atom. The van der Waals surface area contributed by atoms with E-state index in [1.165, 1.54) is 44.9 Å². The number of carbonyl (C=O) groups is 1. The van der Waals surface area contributed by atoms with E-state index in [4.69, 9.17) is 0 Å². The van der Waals surface area contributed by atoms with Crippen LogP contribution in [-0.2, 0) is 4.79 Å². The van der Waals surface area contributed by atoms with E-state index >= 15 is 0 Å². The van der Waals surface area contributed by atoms with E-state index in [1.54, 1.807) is 14.1 Å². The van der Waals surface area contributed by atoms with Crippen LogP contribution < -0.4 is 16.0 Å². The summed E-state index contributed by atoms with van der Waals surface area (Å²) in [5.41, 5.74) is -0.461. The van der Waals surface area contributed by atoms with Crippen LogP contribution in [0.25, 0.3) is 0 Å². The van der Waals surface area contributed by atoms with Crippen molar-refractivity contribution in [2.45, 2.75) is 71.8 Å². The second kappa shape index (κ2) is 9.78. The van der Waals surface area contributed by atoms with Gasteiger partial charge in [0.25, 0.3) is 0 Å². The number of nitrogens with one attached hydrogen (secondary N) is 3. The van der Waals surface area contributed by atoms with Gasteiger partial charge in [0.2, 0.25) is 5.91 Å². The van der Waals surface area contributed by atoms with E-state index in [-0.39, 0.29) is 5.91 Å². The number of nitrogens with zero attached hydrogens (tertiary/aromatic N) is 1. The molecule has 0 bridgehead atoms. The molecule has 0 heterocycles. The van der Waals surface area contributed by atoms with Crippen LogP contribution in [0.3, 0.4) is 0 Å². The average Bonchev–Trinajstić information content (AvgIpc) is 2.56. The number of amides is 1. The van der Waals surface area contributed by atoms with Gasteiger partial charge in [-0.2, -0.15) is 0 Å². The molecule has 0 radical (unpaired) electrons. The highest BCUT2D eigenvalue weighted by Crippen LogP contribution is 2.27. The van der Waals surface area contributed by atoms with Crippen LogP contribution in [0, 0.1) is 11.3 Å². The molecule has 0 aliphatic heterocycles. The Hall–Kier alpha value is -1.26. The van der Waals surface area contributed by atoms with Gasteiger partial charge in [-0.05, 0) is 39.5 Å². The number of carbonyl (C=O) groups excluding carboxylic acids is 1. The van der Waals surface area contributed by atoms with Gasteiger partial charge in [0.15, 0.2) is 5.96 Å². The van der Waals surface area contributed by atoms with Gasteiger partial charge in [0, 0.05) is 26.7 Å². The first kappa shape index (κ1) is 19.8. The van der Waals surface area contributed by atoms with E-state index in [9.17, 15) is 4.79 Å². The molecule has 0 aromatic heterocycles. The maximum Gasteiger partial charge on any atom is 0.227 e. The molecule has 1 unspecified atom stereocenters. The largest absolute Gasteiger partial charge is 0.359 e. The average molecular weight is 325 g/mol. The van der Waals surface area contributed by atoms with Crippen LogP contribution in [0.4, 0.5) is 0 Å². The highest BCUT2D eigenvalue weighted by molar-refractivity contribution is 5.84. The van der Waals surface area contributed by atoms with Crippen molar-refractivity contribution in [1.29, 1.82) is 0 Å². The quantitative estimate of drug-likeness (QED) is 0.498. The number of hydrogen-bond acceptors (Lipinski definition) is 2. The second-order valence-electron chi connectivity index (χ2n) is 7.52. The maximum atomic E-state index is 11.8. The SMILES string of the molecule is CN=C(NCC(C)(C)C(=O)NC)NC(C)CCC1CCCCC1. The molecule has 134 valence electrons. The minimum absolute atomic E-state index is 0.0331. The van der Waals surface area contributed by atoms with Crippen LogP contribution in [-0.4, -0.2) is 38.5 Å². The number of rotatable bonds is 7.